The van der Waals surface area contributed by atoms with Crippen LogP contribution in [0.5, 0.6) is 5.75 Å². The molecule has 1 fully saturated rings. The van der Waals surface area contributed by atoms with E-state index in [1.54, 1.807) is 12.0 Å². The summed E-state index contributed by atoms with van der Waals surface area (Å²) in [5.41, 5.74) is 3.63. The summed E-state index contributed by atoms with van der Waals surface area (Å²) in [6, 6.07) is 13.2. The highest BCUT2D eigenvalue weighted by Gasteiger charge is 2.35. The van der Waals surface area contributed by atoms with E-state index in [1.807, 2.05) is 68.4 Å². The van der Waals surface area contributed by atoms with Crippen molar-refractivity contribution in [1.82, 2.24) is 0 Å². The number of carbonyl (C=O) groups is 2. The van der Waals surface area contributed by atoms with E-state index >= 15 is 0 Å². The van der Waals surface area contributed by atoms with Crippen LogP contribution in [0.1, 0.15) is 12.0 Å². The Morgan fingerprint density at radius 2 is 1.89 bits per heavy atom. The molecule has 0 spiro atoms. The fourth-order valence-electron chi connectivity index (χ4n) is 3.20. The summed E-state index contributed by atoms with van der Waals surface area (Å²) in [6.45, 7) is 2.35. The molecule has 0 bridgehead atoms. The number of ether oxygens (including phenoxy) is 1. The van der Waals surface area contributed by atoms with Gasteiger partial charge in [-0.15, -0.1) is 0 Å². The predicted octanol–water partition coefficient (Wildman–Crippen LogP) is 3.06. The largest absolute Gasteiger partial charge is 0.497 e. The minimum absolute atomic E-state index is 0.0417. The van der Waals surface area contributed by atoms with Crippen molar-refractivity contribution in [2.75, 3.05) is 42.9 Å². The van der Waals surface area contributed by atoms with E-state index < -0.39 is 0 Å². The third-order valence-electron chi connectivity index (χ3n) is 4.86. The molecule has 27 heavy (non-hydrogen) atoms. The summed E-state index contributed by atoms with van der Waals surface area (Å²) in [5.74, 6) is 0.198. The molecule has 2 aromatic rings. The molecule has 142 valence electrons. The molecule has 0 radical (unpaired) electrons. The molecular weight excluding hydrogens is 342 g/mol. The molecule has 1 atom stereocenters. The summed E-state index contributed by atoms with van der Waals surface area (Å²) < 4.78 is 5.15. The van der Waals surface area contributed by atoms with Crippen LogP contribution in [0.2, 0.25) is 0 Å². The molecule has 1 aliphatic heterocycles. The molecule has 0 aromatic heterocycles. The number of carbonyl (C=O) groups excluding carboxylic acids is 2. The van der Waals surface area contributed by atoms with Crippen LogP contribution in [0.15, 0.2) is 42.5 Å². The second-order valence-electron chi connectivity index (χ2n) is 6.99. The maximum absolute atomic E-state index is 12.7. The number of methoxy groups -OCH3 is 1. The first kappa shape index (κ1) is 18.8. The highest BCUT2D eigenvalue weighted by molar-refractivity contribution is 6.03. The van der Waals surface area contributed by atoms with E-state index in [-0.39, 0.29) is 24.2 Å². The maximum Gasteiger partial charge on any atom is 0.229 e. The molecule has 6 heteroatoms. The maximum atomic E-state index is 12.7. The smallest absolute Gasteiger partial charge is 0.229 e. The molecule has 1 N–H and O–H groups in total. The van der Waals surface area contributed by atoms with Crippen molar-refractivity contribution in [1.29, 1.82) is 0 Å². The highest BCUT2D eigenvalue weighted by atomic mass is 16.5. The van der Waals surface area contributed by atoms with Crippen LogP contribution in [0.3, 0.4) is 0 Å². The number of rotatable bonds is 5. The normalized spacial score (nSPS) is 16.4. The van der Waals surface area contributed by atoms with Gasteiger partial charge < -0.3 is 19.9 Å². The Labute approximate surface area is 159 Å². The second kappa shape index (κ2) is 7.70. The summed E-state index contributed by atoms with van der Waals surface area (Å²) in [6.07, 6.45) is 0.215. The van der Waals surface area contributed by atoms with Crippen LogP contribution >= 0.6 is 0 Å². The Kier molecular flexibility index (Phi) is 5.35. The quantitative estimate of drug-likeness (QED) is 0.882. The van der Waals surface area contributed by atoms with Crippen molar-refractivity contribution in [3.8, 4) is 5.75 Å². The van der Waals surface area contributed by atoms with Crippen molar-refractivity contribution in [2.24, 2.45) is 5.92 Å². The summed E-state index contributed by atoms with van der Waals surface area (Å²) >= 11 is 0. The van der Waals surface area contributed by atoms with Gasteiger partial charge in [-0.25, -0.2) is 0 Å². The Bertz CT molecular complexity index is 846. The SMILES string of the molecule is COc1ccc(N2CC(C(=O)Nc3ccc(N(C)C)cc3C)CC2=O)cc1. The van der Waals surface area contributed by atoms with Crippen molar-refractivity contribution >= 4 is 28.9 Å². The molecule has 1 unspecified atom stereocenters. The minimum Gasteiger partial charge on any atom is -0.497 e. The molecular formula is C21H25N3O3. The van der Waals surface area contributed by atoms with Gasteiger partial charge in [-0.3, -0.25) is 9.59 Å². The van der Waals surface area contributed by atoms with E-state index in [2.05, 4.69) is 5.32 Å². The van der Waals surface area contributed by atoms with Gasteiger partial charge in [0.25, 0.3) is 0 Å². The third kappa shape index (κ3) is 4.05. The zero-order valence-electron chi connectivity index (χ0n) is 16.2. The molecule has 2 aromatic carbocycles. The van der Waals surface area contributed by atoms with Crippen LogP contribution in [-0.4, -0.2) is 39.6 Å². The number of anilines is 3. The van der Waals surface area contributed by atoms with Gasteiger partial charge in [0.2, 0.25) is 11.8 Å². The monoisotopic (exact) mass is 367 g/mol. The lowest BCUT2D eigenvalue weighted by Crippen LogP contribution is -2.28. The zero-order chi connectivity index (χ0) is 19.6. The van der Waals surface area contributed by atoms with Crippen molar-refractivity contribution < 1.29 is 14.3 Å². The Balaban J connectivity index is 1.68. The number of aryl methyl sites for hydroxylation is 1. The summed E-state index contributed by atoms with van der Waals surface area (Å²) in [7, 11) is 5.55. The average Bonchev–Trinajstić information content (AvgIpc) is 3.05. The fraction of sp³-hybridized carbons (Fsp3) is 0.333. The Hall–Kier alpha value is -3.02. The van der Waals surface area contributed by atoms with Gasteiger partial charge in [0.1, 0.15) is 5.75 Å². The van der Waals surface area contributed by atoms with Crippen molar-refractivity contribution in [3.05, 3.63) is 48.0 Å². The molecule has 6 nitrogen and oxygen atoms in total. The van der Waals surface area contributed by atoms with Crippen LogP contribution < -0.4 is 19.9 Å². The average molecular weight is 367 g/mol. The van der Waals surface area contributed by atoms with E-state index in [0.717, 1.165) is 28.4 Å². The number of nitrogens with zero attached hydrogens (tertiary/aromatic N) is 2. The van der Waals surface area contributed by atoms with E-state index in [1.165, 1.54) is 0 Å². The third-order valence-corrected chi connectivity index (χ3v) is 4.86. The topological polar surface area (TPSA) is 61.9 Å². The first-order chi connectivity index (χ1) is 12.9. The highest BCUT2D eigenvalue weighted by Crippen LogP contribution is 2.28. The molecule has 1 saturated heterocycles. The number of hydrogen-bond acceptors (Lipinski definition) is 4. The van der Waals surface area contributed by atoms with Crippen LogP contribution in [0.4, 0.5) is 17.1 Å². The van der Waals surface area contributed by atoms with Crippen LogP contribution in [0, 0.1) is 12.8 Å². The molecule has 0 saturated carbocycles. The van der Waals surface area contributed by atoms with Crippen molar-refractivity contribution in [2.45, 2.75) is 13.3 Å². The van der Waals surface area contributed by atoms with Gasteiger partial charge in [0.15, 0.2) is 0 Å². The second-order valence-corrected chi connectivity index (χ2v) is 6.99. The van der Waals surface area contributed by atoms with Crippen LogP contribution in [-0.2, 0) is 9.59 Å². The standard InChI is InChI=1S/C21H25N3O3/c1-14-11-17(23(2)3)7-10-19(14)22-21(26)15-12-20(25)24(13-15)16-5-8-18(27-4)9-6-16/h5-11,15H,12-13H2,1-4H3,(H,22,26). The number of amides is 2. The number of nitrogens with one attached hydrogen (secondary N) is 1. The Morgan fingerprint density at radius 3 is 2.48 bits per heavy atom. The molecule has 1 heterocycles. The summed E-state index contributed by atoms with van der Waals surface area (Å²) in [5, 5.41) is 2.97. The van der Waals surface area contributed by atoms with Crippen molar-refractivity contribution in [3.63, 3.8) is 0 Å². The fourth-order valence-corrected chi connectivity index (χ4v) is 3.20. The van der Waals surface area contributed by atoms with Gasteiger partial charge in [-0.05, 0) is 55.0 Å². The van der Waals surface area contributed by atoms with Crippen LogP contribution in [0.25, 0.3) is 0 Å². The van der Waals surface area contributed by atoms with E-state index in [4.69, 9.17) is 4.74 Å². The van der Waals surface area contributed by atoms with Gasteiger partial charge >= 0.3 is 0 Å². The van der Waals surface area contributed by atoms with Gasteiger partial charge in [0.05, 0.1) is 13.0 Å². The van der Waals surface area contributed by atoms with E-state index in [0.29, 0.717) is 6.54 Å². The van der Waals surface area contributed by atoms with Gasteiger partial charge in [-0.1, -0.05) is 0 Å². The molecule has 3 rings (SSSR count). The molecule has 1 aliphatic rings. The molecule has 2 amide bonds. The summed E-state index contributed by atoms with van der Waals surface area (Å²) in [4.78, 5) is 28.8. The number of hydrogen-bond donors (Lipinski definition) is 1. The number of benzene rings is 2. The van der Waals surface area contributed by atoms with E-state index in [9.17, 15) is 9.59 Å². The first-order valence-electron chi connectivity index (χ1n) is 8.92. The first-order valence-corrected chi connectivity index (χ1v) is 8.92. The van der Waals surface area contributed by atoms with Gasteiger partial charge in [0, 0.05) is 44.1 Å². The zero-order valence-corrected chi connectivity index (χ0v) is 16.2. The van der Waals surface area contributed by atoms with Gasteiger partial charge in [-0.2, -0.15) is 0 Å². The lowest BCUT2D eigenvalue weighted by molar-refractivity contribution is -0.122. The predicted molar refractivity (Wildman–Crippen MR) is 108 cm³/mol. The Morgan fingerprint density at radius 1 is 1.19 bits per heavy atom. The lowest BCUT2D eigenvalue weighted by Gasteiger charge is -2.18. The molecule has 0 aliphatic carbocycles. The lowest BCUT2D eigenvalue weighted by atomic mass is 10.1. The minimum atomic E-state index is -0.368.